The summed E-state index contributed by atoms with van der Waals surface area (Å²) < 4.78 is 16.0. The molecule has 0 saturated carbocycles. The number of rotatable bonds is 4. The number of phenols is 1. The molecule has 1 fully saturated rings. The fourth-order valence-corrected chi connectivity index (χ4v) is 4.91. The number of aromatic hydroxyl groups is 1. The monoisotopic (exact) mass is 520 g/mol. The molecule has 5 rings (SSSR count). The maximum Gasteiger partial charge on any atom is 0.249 e. The van der Waals surface area contributed by atoms with Gasteiger partial charge >= 0.3 is 0 Å². The number of hydrogen-bond acceptors (Lipinski definition) is 5. The second-order valence-electron chi connectivity index (χ2n) is 8.59. The van der Waals surface area contributed by atoms with Gasteiger partial charge < -0.3 is 14.9 Å². The minimum absolute atomic E-state index is 0.0239. The predicted octanol–water partition coefficient (Wildman–Crippen LogP) is 6.59. The Morgan fingerprint density at radius 2 is 1.78 bits per heavy atom. The Morgan fingerprint density at radius 3 is 2.49 bits per heavy atom. The van der Waals surface area contributed by atoms with Crippen molar-refractivity contribution in [3.05, 3.63) is 71.8 Å². The van der Waals surface area contributed by atoms with Gasteiger partial charge in [0, 0.05) is 42.7 Å². The van der Waals surface area contributed by atoms with Gasteiger partial charge in [-0.05, 0) is 41.0 Å². The molecule has 1 saturated heterocycles. The molecular formula is C29H30ClFN4O2. The molecule has 1 aliphatic heterocycles. The van der Waals surface area contributed by atoms with Crippen LogP contribution in [0.5, 0.6) is 5.75 Å². The first-order valence-electron chi connectivity index (χ1n) is 12.5. The summed E-state index contributed by atoms with van der Waals surface area (Å²) in [6.45, 7) is 11.9. The maximum atomic E-state index is 16.0. The van der Waals surface area contributed by atoms with Crippen LogP contribution in [-0.4, -0.2) is 52.1 Å². The molecule has 1 amide bonds. The molecule has 1 N–H and O–H groups in total. The smallest absolute Gasteiger partial charge is 0.249 e. The third-order valence-corrected chi connectivity index (χ3v) is 6.81. The minimum Gasteiger partial charge on any atom is -0.508 e. The third-order valence-electron chi connectivity index (χ3n) is 6.51. The first kappa shape index (κ1) is 26.4. The average molecular weight is 521 g/mol. The van der Waals surface area contributed by atoms with Gasteiger partial charge in [-0.3, -0.25) is 4.79 Å². The van der Waals surface area contributed by atoms with Crippen LogP contribution in [0.3, 0.4) is 0 Å². The number of benzene rings is 3. The van der Waals surface area contributed by atoms with Gasteiger partial charge in [0.05, 0.1) is 5.02 Å². The standard InChI is InChI=1S/C27H24ClFN4O2.C2H6/c1-3-16(2)27(35)33-10-8-32(9-11-33)26-21-14-22(28)23(24(29)25(21)30-15-31-26)20-13-18(34)12-17-6-4-5-7-19(17)20;1-2/h4-7,12-15,34H,2-3,8-11H2,1H3;1-2H3. The molecule has 0 atom stereocenters. The van der Waals surface area contributed by atoms with E-state index in [1.165, 1.54) is 12.4 Å². The van der Waals surface area contributed by atoms with E-state index in [1.54, 1.807) is 17.0 Å². The molecule has 0 unspecified atom stereocenters. The fraction of sp³-hybridized carbons (Fsp3) is 0.276. The Kier molecular flexibility index (Phi) is 7.93. The van der Waals surface area contributed by atoms with Gasteiger partial charge in [-0.1, -0.05) is 63.2 Å². The summed E-state index contributed by atoms with van der Waals surface area (Å²) in [5.74, 6) is -0.00271. The lowest BCUT2D eigenvalue weighted by molar-refractivity contribution is -0.127. The topological polar surface area (TPSA) is 69.6 Å². The number of aromatic nitrogens is 2. The van der Waals surface area contributed by atoms with Gasteiger partial charge in [0.1, 0.15) is 23.4 Å². The summed E-state index contributed by atoms with van der Waals surface area (Å²) >= 11 is 6.66. The molecule has 8 heteroatoms. The molecule has 2 heterocycles. The molecule has 1 aliphatic rings. The van der Waals surface area contributed by atoms with Crippen molar-refractivity contribution < 1.29 is 14.3 Å². The number of piperazine rings is 1. The van der Waals surface area contributed by atoms with E-state index in [-0.39, 0.29) is 27.8 Å². The number of phenolic OH excluding ortho intramolecular Hbond substituents is 1. The Balaban J connectivity index is 0.00000156. The zero-order valence-electron chi connectivity index (χ0n) is 21.3. The fourth-order valence-electron chi connectivity index (χ4n) is 4.61. The number of anilines is 1. The van der Waals surface area contributed by atoms with Crippen molar-refractivity contribution in [1.29, 1.82) is 0 Å². The van der Waals surface area contributed by atoms with Crippen molar-refractivity contribution in [3.8, 4) is 16.9 Å². The van der Waals surface area contributed by atoms with E-state index < -0.39 is 5.82 Å². The summed E-state index contributed by atoms with van der Waals surface area (Å²) in [5.41, 5.74) is 1.42. The Morgan fingerprint density at radius 1 is 1.08 bits per heavy atom. The van der Waals surface area contributed by atoms with E-state index in [4.69, 9.17) is 11.6 Å². The highest BCUT2D eigenvalue weighted by atomic mass is 35.5. The molecule has 6 nitrogen and oxygen atoms in total. The summed E-state index contributed by atoms with van der Waals surface area (Å²) in [5, 5.41) is 12.5. The Hall–Kier alpha value is -3.71. The second-order valence-corrected chi connectivity index (χ2v) is 9.00. The lowest BCUT2D eigenvalue weighted by Crippen LogP contribution is -2.49. The highest BCUT2D eigenvalue weighted by Crippen LogP contribution is 2.41. The van der Waals surface area contributed by atoms with E-state index in [1.807, 2.05) is 49.9 Å². The zero-order valence-corrected chi connectivity index (χ0v) is 22.0. The molecule has 1 aromatic heterocycles. The number of hydrogen-bond donors (Lipinski definition) is 1. The molecule has 0 aliphatic carbocycles. The molecule has 0 radical (unpaired) electrons. The van der Waals surface area contributed by atoms with Crippen LogP contribution in [0.15, 0.2) is 60.9 Å². The van der Waals surface area contributed by atoms with E-state index in [0.29, 0.717) is 54.9 Å². The van der Waals surface area contributed by atoms with Crippen molar-refractivity contribution in [2.24, 2.45) is 0 Å². The van der Waals surface area contributed by atoms with E-state index in [2.05, 4.69) is 16.5 Å². The van der Waals surface area contributed by atoms with Gasteiger partial charge in [-0.15, -0.1) is 0 Å². The third kappa shape index (κ3) is 4.96. The summed E-state index contributed by atoms with van der Waals surface area (Å²) in [4.78, 5) is 24.9. The Labute approximate surface area is 221 Å². The van der Waals surface area contributed by atoms with Crippen LogP contribution >= 0.6 is 11.6 Å². The second kappa shape index (κ2) is 11.1. The first-order valence-corrected chi connectivity index (χ1v) is 12.8. The maximum absolute atomic E-state index is 16.0. The highest BCUT2D eigenvalue weighted by Gasteiger charge is 2.26. The van der Waals surface area contributed by atoms with Crippen LogP contribution in [0.4, 0.5) is 10.2 Å². The molecule has 37 heavy (non-hydrogen) atoms. The number of halogens is 2. The predicted molar refractivity (Wildman–Crippen MR) is 149 cm³/mol. The number of fused-ring (bicyclic) bond motifs is 2. The van der Waals surface area contributed by atoms with E-state index in [0.717, 1.165) is 10.8 Å². The van der Waals surface area contributed by atoms with Crippen molar-refractivity contribution in [3.63, 3.8) is 0 Å². The van der Waals surface area contributed by atoms with Gasteiger partial charge in [0.2, 0.25) is 5.91 Å². The van der Waals surface area contributed by atoms with E-state index >= 15 is 4.39 Å². The van der Waals surface area contributed by atoms with Crippen LogP contribution < -0.4 is 4.90 Å². The number of carbonyl (C=O) groups is 1. The molecule has 0 spiro atoms. The number of nitrogens with zero attached hydrogens (tertiary/aromatic N) is 4. The van der Waals surface area contributed by atoms with E-state index in [9.17, 15) is 9.90 Å². The van der Waals surface area contributed by atoms with Crippen LogP contribution in [0, 0.1) is 5.82 Å². The quantitative estimate of drug-likeness (QED) is 0.307. The lowest BCUT2D eigenvalue weighted by Gasteiger charge is -2.36. The van der Waals surface area contributed by atoms with Crippen LogP contribution in [0.2, 0.25) is 5.02 Å². The number of carbonyl (C=O) groups excluding carboxylic acids is 1. The van der Waals surface area contributed by atoms with Gasteiger partial charge in [0.15, 0.2) is 5.82 Å². The number of amides is 1. The largest absolute Gasteiger partial charge is 0.508 e. The molecule has 192 valence electrons. The summed E-state index contributed by atoms with van der Waals surface area (Å²) in [7, 11) is 0. The normalized spacial score (nSPS) is 13.4. The van der Waals surface area contributed by atoms with Crippen LogP contribution in [0.25, 0.3) is 32.8 Å². The van der Waals surface area contributed by atoms with Gasteiger partial charge in [-0.2, -0.15) is 0 Å². The van der Waals surface area contributed by atoms with Crippen molar-refractivity contribution in [1.82, 2.24) is 14.9 Å². The molecule has 4 aromatic rings. The minimum atomic E-state index is -0.569. The molecule has 0 bridgehead atoms. The molecule has 3 aromatic carbocycles. The average Bonchev–Trinajstić information content (AvgIpc) is 2.93. The summed E-state index contributed by atoms with van der Waals surface area (Å²) in [6.07, 6.45) is 1.96. The van der Waals surface area contributed by atoms with Crippen molar-refractivity contribution in [2.45, 2.75) is 27.2 Å². The Bertz CT molecular complexity index is 1480. The highest BCUT2D eigenvalue weighted by molar-refractivity contribution is 6.35. The van der Waals surface area contributed by atoms with Crippen molar-refractivity contribution >= 4 is 45.0 Å². The zero-order chi connectivity index (χ0) is 26.7. The SMILES string of the molecule is C=C(CC)C(=O)N1CCN(c2ncnc3c(F)c(-c4cc(O)cc5ccccc45)c(Cl)cc23)CC1.CC. The van der Waals surface area contributed by atoms with Crippen LogP contribution in [0.1, 0.15) is 27.2 Å². The van der Waals surface area contributed by atoms with Gasteiger partial charge in [-0.25, -0.2) is 14.4 Å². The van der Waals surface area contributed by atoms with Crippen LogP contribution in [-0.2, 0) is 4.79 Å². The van der Waals surface area contributed by atoms with Crippen molar-refractivity contribution in [2.75, 3.05) is 31.1 Å². The van der Waals surface area contributed by atoms with Gasteiger partial charge in [0.25, 0.3) is 0 Å². The lowest BCUT2D eigenvalue weighted by atomic mass is 9.96. The molecular weight excluding hydrogens is 491 g/mol. The first-order chi connectivity index (χ1) is 17.9. The summed E-state index contributed by atoms with van der Waals surface area (Å²) in [6, 6.07) is 12.3.